The average Bonchev–Trinajstić information content (AvgIpc) is 3.20. The van der Waals surface area contributed by atoms with Gasteiger partial charge in [-0.3, -0.25) is 0 Å². The van der Waals surface area contributed by atoms with E-state index in [4.69, 9.17) is 4.74 Å². The zero-order valence-corrected chi connectivity index (χ0v) is 15.6. The predicted octanol–water partition coefficient (Wildman–Crippen LogP) is 0.641. The Bertz CT molecular complexity index is 543. The first-order valence-corrected chi connectivity index (χ1v) is 7.07. The van der Waals surface area contributed by atoms with Crippen LogP contribution in [0.5, 0.6) is 0 Å². The Morgan fingerprint density at radius 3 is 2.59 bits per heavy atom. The second-order valence-electron chi connectivity index (χ2n) is 5.95. The quantitative estimate of drug-likeness (QED) is 0.758. The Hall–Kier alpha value is -0.0187. The second-order valence-corrected chi connectivity index (χ2v) is 5.95. The summed E-state index contributed by atoms with van der Waals surface area (Å²) < 4.78 is 44.1. The maximum Gasteiger partial charge on any atom is 1.00 e. The number of halogens is 3. The molecule has 1 aliphatic heterocycles. The summed E-state index contributed by atoms with van der Waals surface area (Å²) in [4.78, 5) is 13.3. The Labute approximate surface area is 170 Å². The molecule has 1 aliphatic carbocycles. The SMILES string of the molecule is O=C(OCc1ccccc1)N1CCC2([B-](F)(F)F)CC2C1.[K+]. The molecule has 8 heteroatoms. The van der Waals surface area contributed by atoms with Gasteiger partial charge in [-0.15, -0.1) is 0 Å². The van der Waals surface area contributed by atoms with Gasteiger partial charge in [0, 0.05) is 13.1 Å². The fourth-order valence-electron chi connectivity index (χ4n) is 3.19. The fourth-order valence-corrected chi connectivity index (χ4v) is 3.19. The molecule has 2 aliphatic rings. The van der Waals surface area contributed by atoms with Crippen molar-refractivity contribution < 1.29 is 73.9 Å². The van der Waals surface area contributed by atoms with E-state index in [-0.39, 0.29) is 83.9 Å². The van der Waals surface area contributed by atoms with Crippen LogP contribution < -0.4 is 51.4 Å². The number of benzene rings is 1. The fraction of sp³-hybridized carbons (Fsp3) is 0.500. The largest absolute Gasteiger partial charge is 1.00 e. The van der Waals surface area contributed by atoms with Gasteiger partial charge in [-0.1, -0.05) is 48.5 Å². The first kappa shape index (κ1) is 18.3. The van der Waals surface area contributed by atoms with Crippen molar-refractivity contribution in [1.82, 2.24) is 4.90 Å². The van der Waals surface area contributed by atoms with Gasteiger partial charge in [0.1, 0.15) is 6.61 Å². The number of carbonyl (C=O) groups excluding carboxylic acids is 1. The minimum absolute atomic E-state index is 0. The molecular formula is C14H16BF3KNO2. The molecule has 22 heavy (non-hydrogen) atoms. The Balaban J connectivity index is 0.00000176. The average molecular weight is 337 g/mol. The molecule has 1 aromatic carbocycles. The summed E-state index contributed by atoms with van der Waals surface area (Å²) >= 11 is 0. The van der Waals surface area contributed by atoms with Crippen LogP contribution in [-0.4, -0.2) is 31.1 Å². The number of carbonyl (C=O) groups is 1. The molecule has 0 radical (unpaired) electrons. The van der Waals surface area contributed by atoms with Crippen molar-refractivity contribution in [1.29, 1.82) is 0 Å². The van der Waals surface area contributed by atoms with E-state index >= 15 is 0 Å². The monoisotopic (exact) mass is 337 g/mol. The molecule has 3 rings (SSSR count). The molecule has 0 bridgehead atoms. The van der Waals surface area contributed by atoms with Crippen molar-refractivity contribution >= 4 is 13.1 Å². The zero-order valence-electron chi connectivity index (χ0n) is 12.5. The van der Waals surface area contributed by atoms with E-state index in [0.717, 1.165) is 5.56 Å². The van der Waals surface area contributed by atoms with Gasteiger partial charge in [0.25, 0.3) is 0 Å². The van der Waals surface area contributed by atoms with Crippen molar-refractivity contribution in [3.05, 3.63) is 35.9 Å². The van der Waals surface area contributed by atoms with Crippen LogP contribution in [0, 0.1) is 5.92 Å². The second kappa shape index (κ2) is 6.85. The van der Waals surface area contributed by atoms with Crippen LogP contribution in [0.1, 0.15) is 18.4 Å². The number of fused-ring (bicyclic) bond motifs is 1. The number of ether oxygens (including phenoxy) is 1. The van der Waals surface area contributed by atoms with Gasteiger partial charge in [-0.2, -0.15) is 0 Å². The number of rotatable bonds is 3. The molecule has 0 spiro atoms. The van der Waals surface area contributed by atoms with E-state index < -0.39 is 24.3 Å². The summed E-state index contributed by atoms with van der Waals surface area (Å²) in [7, 11) is 0. The number of hydrogen-bond acceptors (Lipinski definition) is 2. The maximum absolute atomic E-state index is 13.0. The zero-order chi connectivity index (χ0) is 15.1. The molecule has 3 nitrogen and oxygen atoms in total. The third kappa shape index (κ3) is 3.56. The molecule has 0 N–H and O–H groups in total. The van der Waals surface area contributed by atoms with Crippen molar-refractivity contribution in [3.8, 4) is 0 Å². The van der Waals surface area contributed by atoms with Crippen molar-refractivity contribution in [2.75, 3.05) is 13.1 Å². The smallest absolute Gasteiger partial charge is 0.449 e. The first-order valence-electron chi connectivity index (χ1n) is 7.07. The van der Waals surface area contributed by atoms with Crippen LogP contribution in [-0.2, 0) is 11.3 Å². The molecule has 1 aromatic rings. The van der Waals surface area contributed by atoms with Gasteiger partial charge in [-0.05, 0) is 11.5 Å². The molecule has 1 heterocycles. The van der Waals surface area contributed by atoms with Gasteiger partial charge in [0.2, 0.25) is 0 Å². The third-order valence-electron chi connectivity index (χ3n) is 4.68. The molecule has 2 atom stereocenters. The normalized spacial score (nSPS) is 26.7. The van der Waals surface area contributed by atoms with E-state index in [0.29, 0.717) is 0 Å². The molecule has 1 saturated heterocycles. The third-order valence-corrected chi connectivity index (χ3v) is 4.68. The number of hydrogen-bond donors (Lipinski definition) is 0. The van der Waals surface area contributed by atoms with Gasteiger partial charge in [-0.25, -0.2) is 4.79 Å². The predicted molar refractivity (Wildman–Crippen MR) is 72.7 cm³/mol. The summed E-state index contributed by atoms with van der Waals surface area (Å²) in [5, 5.41) is -1.48. The summed E-state index contributed by atoms with van der Waals surface area (Å²) in [6.45, 7) is -4.37. The summed E-state index contributed by atoms with van der Waals surface area (Å²) in [6, 6.07) is 9.22. The number of amides is 1. The van der Waals surface area contributed by atoms with E-state index in [9.17, 15) is 17.7 Å². The van der Waals surface area contributed by atoms with E-state index in [1.54, 1.807) is 0 Å². The Kier molecular flexibility index (Phi) is 5.70. The summed E-state index contributed by atoms with van der Waals surface area (Å²) in [6.07, 6.45) is -0.338. The number of nitrogens with zero attached hydrogens (tertiary/aromatic N) is 1. The number of likely N-dealkylation sites (tertiary alicyclic amines) is 1. The van der Waals surface area contributed by atoms with Crippen LogP contribution in [0.2, 0.25) is 5.31 Å². The van der Waals surface area contributed by atoms with Crippen LogP contribution in [0.15, 0.2) is 30.3 Å². The molecule has 0 aromatic heterocycles. The van der Waals surface area contributed by atoms with Crippen molar-refractivity contribution in [3.63, 3.8) is 0 Å². The maximum atomic E-state index is 13.0. The van der Waals surface area contributed by atoms with E-state index in [1.807, 2.05) is 30.3 Å². The van der Waals surface area contributed by atoms with Gasteiger partial charge < -0.3 is 22.6 Å². The molecule has 114 valence electrons. The first-order chi connectivity index (χ1) is 9.92. The van der Waals surface area contributed by atoms with Crippen molar-refractivity contribution in [2.45, 2.75) is 24.8 Å². The summed E-state index contributed by atoms with van der Waals surface area (Å²) in [5.41, 5.74) is 0.863. The molecule has 2 fully saturated rings. The molecular weight excluding hydrogens is 321 g/mol. The van der Waals surface area contributed by atoms with Gasteiger partial charge in [0.15, 0.2) is 0 Å². The van der Waals surface area contributed by atoms with Gasteiger partial charge >= 0.3 is 64.5 Å². The van der Waals surface area contributed by atoms with E-state index in [2.05, 4.69) is 0 Å². The van der Waals surface area contributed by atoms with Crippen LogP contribution in [0.3, 0.4) is 0 Å². The Morgan fingerprint density at radius 1 is 1.32 bits per heavy atom. The van der Waals surface area contributed by atoms with Crippen LogP contribution >= 0.6 is 0 Å². The number of piperidine rings is 1. The molecule has 1 amide bonds. The molecule has 2 unspecified atom stereocenters. The minimum Gasteiger partial charge on any atom is -0.449 e. The minimum atomic E-state index is -4.81. The molecule has 1 saturated carbocycles. The topological polar surface area (TPSA) is 29.5 Å². The van der Waals surface area contributed by atoms with E-state index in [1.165, 1.54) is 4.90 Å². The van der Waals surface area contributed by atoms with Gasteiger partial charge in [0.05, 0.1) is 0 Å². The summed E-state index contributed by atoms with van der Waals surface area (Å²) in [5.74, 6) is -0.435. The van der Waals surface area contributed by atoms with Crippen molar-refractivity contribution in [2.24, 2.45) is 5.92 Å². The van der Waals surface area contributed by atoms with Crippen LogP contribution in [0.25, 0.3) is 0 Å². The van der Waals surface area contributed by atoms with Crippen LogP contribution in [0.4, 0.5) is 17.7 Å². The standard InChI is InChI=1S/C14H16BF3NO2.K/c16-15(17,18)14-6-7-19(9-12(14)8-14)13(20)21-10-11-4-2-1-3-5-11;/h1-5,12H,6-10H2;/q-1;+1. The Morgan fingerprint density at radius 2 is 2.00 bits per heavy atom.